The second-order valence-corrected chi connectivity index (χ2v) is 5.94. The number of rotatable bonds is 4. The third kappa shape index (κ3) is 2.98. The maximum absolute atomic E-state index is 12.7. The Hall–Kier alpha value is -3.16. The Morgan fingerprint density at radius 2 is 2.16 bits per heavy atom. The van der Waals surface area contributed by atoms with Crippen LogP contribution in [0.25, 0.3) is 0 Å². The van der Waals surface area contributed by atoms with Crippen LogP contribution in [0.5, 0.6) is 0 Å². The second kappa shape index (κ2) is 6.39. The molecule has 1 amide bonds. The molecule has 3 aromatic heterocycles. The first kappa shape index (κ1) is 15.4. The van der Waals surface area contributed by atoms with Gasteiger partial charge in [0, 0.05) is 44.2 Å². The molecule has 0 fully saturated rings. The number of carbonyl (C=O) groups is 1. The normalized spacial score (nSPS) is 13.6. The minimum absolute atomic E-state index is 0.0182. The van der Waals surface area contributed by atoms with Gasteiger partial charge < -0.3 is 19.3 Å². The van der Waals surface area contributed by atoms with Gasteiger partial charge in [0.1, 0.15) is 17.1 Å². The molecule has 25 heavy (non-hydrogen) atoms. The van der Waals surface area contributed by atoms with Crippen molar-refractivity contribution >= 4 is 11.9 Å². The summed E-state index contributed by atoms with van der Waals surface area (Å²) in [5, 5.41) is 7.28. The zero-order chi connectivity index (χ0) is 17.2. The van der Waals surface area contributed by atoms with Crippen molar-refractivity contribution in [3.05, 3.63) is 59.5 Å². The summed E-state index contributed by atoms with van der Waals surface area (Å²) in [7, 11) is 1.87. The van der Waals surface area contributed by atoms with Gasteiger partial charge in [-0.25, -0.2) is 9.97 Å². The first-order chi connectivity index (χ1) is 12.2. The summed E-state index contributed by atoms with van der Waals surface area (Å²) in [4.78, 5) is 22.8. The molecule has 1 aliphatic rings. The first-order valence-electron chi connectivity index (χ1n) is 8.10. The molecule has 1 N–H and O–H groups in total. The highest BCUT2D eigenvalue weighted by Crippen LogP contribution is 2.24. The van der Waals surface area contributed by atoms with Gasteiger partial charge in [0.25, 0.3) is 5.91 Å². The van der Waals surface area contributed by atoms with Gasteiger partial charge in [0.2, 0.25) is 5.95 Å². The van der Waals surface area contributed by atoms with Gasteiger partial charge in [-0.1, -0.05) is 5.16 Å². The van der Waals surface area contributed by atoms with E-state index in [0.717, 1.165) is 17.0 Å². The fourth-order valence-electron chi connectivity index (χ4n) is 2.97. The summed E-state index contributed by atoms with van der Waals surface area (Å²) in [5.41, 5.74) is 2.43. The minimum atomic E-state index is 0.0182. The van der Waals surface area contributed by atoms with E-state index in [1.54, 1.807) is 18.5 Å². The van der Waals surface area contributed by atoms with Crippen molar-refractivity contribution in [2.24, 2.45) is 7.05 Å². The third-order valence-electron chi connectivity index (χ3n) is 4.34. The number of nitrogens with one attached hydrogen (secondary N) is 1. The smallest absolute Gasteiger partial charge is 0.270 e. The maximum Gasteiger partial charge on any atom is 0.270 e. The van der Waals surface area contributed by atoms with Crippen LogP contribution in [0.4, 0.5) is 5.95 Å². The molecule has 0 aliphatic carbocycles. The number of carbonyl (C=O) groups excluding carboxylic acids is 1. The fourth-order valence-corrected chi connectivity index (χ4v) is 2.97. The molecular weight excluding hydrogens is 320 g/mol. The van der Waals surface area contributed by atoms with E-state index in [1.807, 2.05) is 34.8 Å². The lowest BCUT2D eigenvalue weighted by molar-refractivity contribution is 0.0719. The summed E-state index contributed by atoms with van der Waals surface area (Å²) in [6.07, 6.45) is 5.89. The molecule has 0 saturated heterocycles. The number of aromatic nitrogens is 4. The van der Waals surface area contributed by atoms with Gasteiger partial charge in [0.05, 0.1) is 13.1 Å². The summed E-state index contributed by atoms with van der Waals surface area (Å²) in [6.45, 7) is 1.57. The molecule has 3 aromatic rings. The summed E-state index contributed by atoms with van der Waals surface area (Å²) >= 11 is 0. The van der Waals surface area contributed by atoms with Crippen molar-refractivity contribution in [3.8, 4) is 0 Å². The zero-order valence-corrected chi connectivity index (χ0v) is 13.8. The zero-order valence-electron chi connectivity index (χ0n) is 13.8. The van der Waals surface area contributed by atoms with Crippen LogP contribution >= 0.6 is 0 Å². The standard InChI is InChI=1S/C17H18N6O2/c1-22-8-2-4-14(22)16(24)23-9-5-15-12(11-23)13(21-25-15)10-20-17-18-6-3-7-19-17/h2-4,6-8H,5,9-11H2,1H3,(H,18,19,20). The Labute approximate surface area is 144 Å². The van der Waals surface area contributed by atoms with Crippen LogP contribution < -0.4 is 5.32 Å². The SMILES string of the molecule is Cn1cccc1C(=O)N1CCc2onc(CNc3ncccn3)c2C1. The van der Waals surface area contributed by atoms with Crippen LogP contribution in [-0.4, -0.2) is 37.0 Å². The van der Waals surface area contributed by atoms with E-state index in [-0.39, 0.29) is 5.91 Å². The van der Waals surface area contributed by atoms with Crippen LogP contribution in [-0.2, 0) is 26.6 Å². The molecule has 0 bridgehead atoms. The fraction of sp³-hybridized carbons (Fsp3) is 0.294. The Kier molecular flexibility index (Phi) is 3.93. The molecule has 8 nitrogen and oxygen atoms in total. The summed E-state index contributed by atoms with van der Waals surface area (Å²) < 4.78 is 7.28. The number of aryl methyl sites for hydroxylation is 1. The number of hydrogen-bond acceptors (Lipinski definition) is 6. The summed E-state index contributed by atoms with van der Waals surface area (Å²) in [5.74, 6) is 1.40. The number of hydrogen-bond donors (Lipinski definition) is 1. The molecule has 0 saturated carbocycles. The third-order valence-corrected chi connectivity index (χ3v) is 4.34. The number of amides is 1. The quantitative estimate of drug-likeness (QED) is 0.777. The molecule has 0 radical (unpaired) electrons. The van der Waals surface area contributed by atoms with E-state index >= 15 is 0 Å². The van der Waals surface area contributed by atoms with E-state index < -0.39 is 0 Å². The number of fused-ring (bicyclic) bond motifs is 1. The van der Waals surface area contributed by atoms with Crippen molar-refractivity contribution in [1.82, 2.24) is 24.6 Å². The van der Waals surface area contributed by atoms with E-state index in [4.69, 9.17) is 4.52 Å². The average Bonchev–Trinajstić information content (AvgIpc) is 3.26. The highest BCUT2D eigenvalue weighted by molar-refractivity contribution is 5.92. The van der Waals surface area contributed by atoms with Crippen molar-refractivity contribution in [2.75, 3.05) is 11.9 Å². The van der Waals surface area contributed by atoms with Gasteiger partial charge in [0.15, 0.2) is 0 Å². The highest BCUT2D eigenvalue weighted by Gasteiger charge is 2.28. The van der Waals surface area contributed by atoms with Crippen LogP contribution in [0.1, 0.15) is 27.5 Å². The Morgan fingerprint density at radius 3 is 2.92 bits per heavy atom. The minimum Gasteiger partial charge on any atom is -0.361 e. The monoisotopic (exact) mass is 338 g/mol. The predicted octanol–water partition coefficient (Wildman–Crippen LogP) is 1.61. The molecule has 4 heterocycles. The molecule has 1 aliphatic heterocycles. The number of anilines is 1. The lowest BCUT2D eigenvalue weighted by Crippen LogP contribution is -2.36. The van der Waals surface area contributed by atoms with Gasteiger partial charge in [-0.2, -0.15) is 0 Å². The lowest BCUT2D eigenvalue weighted by atomic mass is 10.1. The largest absolute Gasteiger partial charge is 0.361 e. The molecule has 0 spiro atoms. The summed E-state index contributed by atoms with van der Waals surface area (Å²) in [6, 6.07) is 5.47. The first-order valence-corrected chi connectivity index (χ1v) is 8.10. The van der Waals surface area contributed by atoms with E-state index in [9.17, 15) is 4.79 Å². The van der Waals surface area contributed by atoms with Crippen molar-refractivity contribution in [2.45, 2.75) is 19.5 Å². The number of nitrogens with zero attached hydrogens (tertiary/aromatic N) is 5. The molecule has 0 aromatic carbocycles. The molecule has 8 heteroatoms. The molecule has 4 rings (SSSR count). The molecule has 0 unspecified atom stereocenters. The second-order valence-electron chi connectivity index (χ2n) is 5.94. The van der Waals surface area contributed by atoms with E-state index in [2.05, 4.69) is 20.4 Å². The Morgan fingerprint density at radius 1 is 1.32 bits per heavy atom. The van der Waals surface area contributed by atoms with Crippen molar-refractivity contribution in [3.63, 3.8) is 0 Å². The van der Waals surface area contributed by atoms with Crippen LogP contribution in [0, 0.1) is 0 Å². The van der Waals surface area contributed by atoms with Gasteiger partial charge in [-0.05, 0) is 18.2 Å². The maximum atomic E-state index is 12.7. The van der Waals surface area contributed by atoms with Crippen molar-refractivity contribution in [1.29, 1.82) is 0 Å². The Balaban J connectivity index is 1.49. The van der Waals surface area contributed by atoms with Gasteiger partial charge in [-0.15, -0.1) is 0 Å². The highest BCUT2D eigenvalue weighted by atomic mass is 16.5. The predicted molar refractivity (Wildman–Crippen MR) is 89.7 cm³/mol. The van der Waals surface area contributed by atoms with Crippen LogP contribution in [0.3, 0.4) is 0 Å². The van der Waals surface area contributed by atoms with Gasteiger partial charge in [-0.3, -0.25) is 4.79 Å². The average molecular weight is 338 g/mol. The van der Waals surface area contributed by atoms with Gasteiger partial charge >= 0.3 is 0 Å². The molecular formula is C17H18N6O2. The Bertz CT molecular complexity index is 886. The van der Waals surface area contributed by atoms with Crippen molar-refractivity contribution < 1.29 is 9.32 Å². The van der Waals surface area contributed by atoms with Crippen LogP contribution in [0.15, 0.2) is 41.3 Å². The van der Waals surface area contributed by atoms with E-state index in [1.165, 1.54) is 0 Å². The van der Waals surface area contributed by atoms with E-state index in [0.29, 0.717) is 37.7 Å². The topological polar surface area (TPSA) is 89.1 Å². The molecule has 0 atom stereocenters. The molecule has 128 valence electrons. The lowest BCUT2D eigenvalue weighted by Gasteiger charge is -2.26. The van der Waals surface area contributed by atoms with Crippen LogP contribution in [0.2, 0.25) is 0 Å².